The van der Waals surface area contributed by atoms with Gasteiger partial charge in [0.25, 0.3) is 0 Å². The number of H-pyrrole nitrogens is 1. The van der Waals surface area contributed by atoms with Crippen LogP contribution in [0.2, 0.25) is 0 Å². The number of aromatic nitrogens is 2. The average Bonchev–Trinajstić information content (AvgIpc) is 3.36. The second kappa shape index (κ2) is 8.08. The summed E-state index contributed by atoms with van der Waals surface area (Å²) >= 11 is 0. The van der Waals surface area contributed by atoms with Gasteiger partial charge in [-0.3, -0.25) is 9.89 Å². The van der Waals surface area contributed by atoms with Crippen LogP contribution in [0.5, 0.6) is 0 Å². The van der Waals surface area contributed by atoms with E-state index in [2.05, 4.69) is 17.1 Å². The van der Waals surface area contributed by atoms with Gasteiger partial charge in [-0.05, 0) is 31.4 Å². The summed E-state index contributed by atoms with van der Waals surface area (Å²) in [5.74, 6) is -2.73. The molecule has 2 aromatic rings. The highest BCUT2D eigenvalue weighted by molar-refractivity contribution is 5.85. The molecule has 2 heterocycles. The number of aromatic amines is 1. The van der Waals surface area contributed by atoms with Gasteiger partial charge < -0.3 is 10.0 Å². The number of carbonyl (C=O) groups excluding carboxylic acids is 1. The predicted molar refractivity (Wildman–Crippen MR) is 99.0 cm³/mol. The van der Waals surface area contributed by atoms with Gasteiger partial charge in [0.05, 0.1) is 5.69 Å². The Kier molecular flexibility index (Phi) is 5.87. The lowest BCUT2D eigenvalue weighted by atomic mass is 10.0. The minimum Gasteiger partial charge on any atom is -0.475 e. The summed E-state index contributed by atoms with van der Waals surface area (Å²) in [6.07, 6.45) is -1.54. The van der Waals surface area contributed by atoms with E-state index >= 15 is 0 Å². The van der Waals surface area contributed by atoms with Gasteiger partial charge in [0.1, 0.15) is 5.82 Å². The standard InChI is InChI=1S/C18H20FN3O.C2HF3O2/c1-18(7-8-18)17(23)22-9-5-14-15(6-10-22)20-21-16(14)12-3-2-4-13(19)11-12;3-2(4,5)1(6)7/h2-4,11H,5-10H2,1H3,(H,20,21);(H,6,7). The number of alkyl halides is 3. The van der Waals surface area contributed by atoms with Crippen molar-refractivity contribution >= 4 is 11.9 Å². The van der Waals surface area contributed by atoms with E-state index in [1.54, 1.807) is 6.07 Å². The van der Waals surface area contributed by atoms with Crippen LogP contribution in [0.3, 0.4) is 0 Å². The Hall–Kier alpha value is -2.91. The average molecular weight is 427 g/mol. The summed E-state index contributed by atoms with van der Waals surface area (Å²) in [6, 6.07) is 6.52. The van der Waals surface area contributed by atoms with Crippen molar-refractivity contribution in [2.45, 2.75) is 38.8 Å². The lowest BCUT2D eigenvalue weighted by Gasteiger charge is -2.23. The molecule has 1 aromatic carbocycles. The van der Waals surface area contributed by atoms with Crippen molar-refractivity contribution in [3.05, 3.63) is 41.3 Å². The van der Waals surface area contributed by atoms with Gasteiger partial charge in [-0.2, -0.15) is 18.3 Å². The summed E-state index contributed by atoms with van der Waals surface area (Å²) in [5, 5.41) is 14.6. The Bertz CT molecular complexity index is 951. The van der Waals surface area contributed by atoms with Crippen LogP contribution >= 0.6 is 0 Å². The van der Waals surface area contributed by atoms with Crippen LogP contribution < -0.4 is 0 Å². The molecule has 0 atom stereocenters. The summed E-state index contributed by atoms with van der Waals surface area (Å²) in [4.78, 5) is 23.4. The van der Waals surface area contributed by atoms with Gasteiger partial charge in [-0.15, -0.1) is 0 Å². The van der Waals surface area contributed by atoms with E-state index in [-0.39, 0.29) is 17.1 Å². The van der Waals surface area contributed by atoms with Crippen LogP contribution in [0.15, 0.2) is 24.3 Å². The van der Waals surface area contributed by atoms with Crippen molar-refractivity contribution < 1.29 is 32.3 Å². The second-order valence-corrected chi connectivity index (χ2v) is 7.70. The van der Waals surface area contributed by atoms with Crippen molar-refractivity contribution in [1.82, 2.24) is 15.1 Å². The summed E-state index contributed by atoms with van der Waals surface area (Å²) < 4.78 is 45.2. The molecule has 0 radical (unpaired) electrons. The minimum atomic E-state index is -5.08. The molecule has 0 saturated heterocycles. The minimum absolute atomic E-state index is 0.123. The Balaban J connectivity index is 0.000000318. The number of carboxylic acid groups (broad SMARTS) is 1. The first-order valence-electron chi connectivity index (χ1n) is 9.43. The molecule has 0 bridgehead atoms. The van der Waals surface area contributed by atoms with Crippen molar-refractivity contribution in [3.8, 4) is 11.3 Å². The number of hydrogen-bond donors (Lipinski definition) is 2. The quantitative estimate of drug-likeness (QED) is 0.718. The highest BCUT2D eigenvalue weighted by atomic mass is 19.4. The number of rotatable bonds is 2. The molecule has 0 spiro atoms. The van der Waals surface area contributed by atoms with Crippen molar-refractivity contribution in [3.63, 3.8) is 0 Å². The number of aliphatic carboxylic acids is 1. The third kappa shape index (κ3) is 4.80. The van der Waals surface area contributed by atoms with Crippen LogP contribution in [0.4, 0.5) is 17.6 Å². The molecule has 162 valence electrons. The summed E-state index contributed by atoms with van der Waals surface area (Å²) in [6.45, 7) is 3.49. The fourth-order valence-electron chi connectivity index (χ4n) is 3.34. The molecule has 10 heteroatoms. The van der Waals surface area contributed by atoms with E-state index < -0.39 is 12.1 Å². The molecule has 2 N–H and O–H groups in total. The molecule has 1 amide bonds. The van der Waals surface area contributed by atoms with E-state index in [1.807, 2.05) is 11.0 Å². The van der Waals surface area contributed by atoms with Gasteiger partial charge in [0, 0.05) is 41.7 Å². The zero-order valence-electron chi connectivity index (χ0n) is 16.2. The number of amides is 1. The van der Waals surface area contributed by atoms with Crippen LogP contribution in [-0.4, -0.2) is 51.3 Å². The van der Waals surface area contributed by atoms with E-state index in [9.17, 15) is 22.4 Å². The Morgan fingerprint density at radius 1 is 1.20 bits per heavy atom. The molecule has 2 aliphatic rings. The number of carbonyl (C=O) groups is 2. The molecule has 4 rings (SSSR count). The van der Waals surface area contributed by atoms with E-state index in [0.29, 0.717) is 6.54 Å². The number of halogens is 4. The molecule has 1 aliphatic heterocycles. The maximum atomic E-state index is 13.5. The van der Waals surface area contributed by atoms with Gasteiger partial charge in [0.2, 0.25) is 5.91 Å². The number of fused-ring (bicyclic) bond motifs is 1. The van der Waals surface area contributed by atoms with E-state index in [0.717, 1.165) is 54.7 Å². The van der Waals surface area contributed by atoms with Crippen LogP contribution in [0.25, 0.3) is 11.3 Å². The highest BCUT2D eigenvalue weighted by Gasteiger charge is 2.47. The zero-order chi connectivity index (χ0) is 22.1. The molecular formula is C20H21F4N3O3. The molecule has 1 aliphatic carbocycles. The van der Waals surface area contributed by atoms with Gasteiger partial charge in [-0.1, -0.05) is 19.1 Å². The van der Waals surface area contributed by atoms with Crippen molar-refractivity contribution in [1.29, 1.82) is 0 Å². The van der Waals surface area contributed by atoms with Crippen LogP contribution in [-0.2, 0) is 22.4 Å². The Morgan fingerprint density at radius 2 is 1.83 bits per heavy atom. The van der Waals surface area contributed by atoms with E-state index in [1.165, 1.54) is 12.1 Å². The van der Waals surface area contributed by atoms with Crippen LogP contribution in [0.1, 0.15) is 31.0 Å². The lowest BCUT2D eigenvalue weighted by molar-refractivity contribution is -0.192. The SMILES string of the molecule is CC1(C(=O)N2CCc3[nH]nc(-c4cccc(F)c4)c3CC2)CC1.O=C(O)C(F)(F)F. The maximum Gasteiger partial charge on any atom is 0.490 e. The molecule has 30 heavy (non-hydrogen) atoms. The number of benzene rings is 1. The Morgan fingerprint density at radius 3 is 2.40 bits per heavy atom. The zero-order valence-corrected chi connectivity index (χ0v) is 16.2. The molecule has 1 fully saturated rings. The number of carboxylic acids is 1. The second-order valence-electron chi connectivity index (χ2n) is 7.70. The van der Waals surface area contributed by atoms with Crippen molar-refractivity contribution in [2.24, 2.45) is 5.41 Å². The summed E-state index contributed by atoms with van der Waals surface area (Å²) in [7, 11) is 0. The maximum absolute atomic E-state index is 13.5. The fourth-order valence-corrected chi connectivity index (χ4v) is 3.34. The third-order valence-electron chi connectivity index (χ3n) is 5.36. The number of nitrogens with one attached hydrogen (secondary N) is 1. The number of hydrogen-bond acceptors (Lipinski definition) is 3. The summed E-state index contributed by atoms with van der Waals surface area (Å²) in [5.41, 5.74) is 3.66. The molecule has 1 aromatic heterocycles. The highest BCUT2D eigenvalue weighted by Crippen LogP contribution is 2.46. The predicted octanol–water partition coefficient (Wildman–Crippen LogP) is 3.58. The molecule has 6 nitrogen and oxygen atoms in total. The number of nitrogens with zero attached hydrogens (tertiary/aromatic N) is 2. The smallest absolute Gasteiger partial charge is 0.475 e. The first-order chi connectivity index (χ1) is 14.0. The first-order valence-corrected chi connectivity index (χ1v) is 9.43. The normalized spacial score (nSPS) is 17.3. The largest absolute Gasteiger partial charge is 0.490 e. The Labute approximate surface area is 169 Å². The third-order valence-corrected chi connectivity index (χ3v) is 5.36. The molecular weight excluding hydrogens is 406 g/mol. The molecule has 0 unspecified atom stereocenters. The van der Waals surface area contributed by atoms with E-state index in [4.69, 9.17) is 9.90 Å². The monoisotopic (exact) mass is 427 g/mol. The lowest BCUT2D eigenvalue weighted by Crippen LogP contribution is -2.38. The topological polar surface area (TPSA) is 86.3 Å². The molecule has 1 saturated carbocycles. The fraction of sp³-hybridized carbons (Fsp3) is 0.450. The van der Waals surface area contributed by atoms with Gasteiger partial charge in [-0.25, -0.2) is 9.18 Å². The van der Waals surface area contributed by atoms with Gasteiger partial charge in [0.15, 0.2) is 0 Å². The van der Waals surface area contributed by atoms with Gasteiger partial charge >= 0.3 is 12.1 Å². The van der Waals surface area contributed by atoms with Crippen molar-refractivity contribution in [2.75, 3.05) is 13.1 Å². The van der Waals surface area contributed by atoms with Crippen LogP contribution in [0, 0.1) is 11.2 Å². The first kappa shape index (κ1) is 21.8.